The van der Waals surface area contributed by atoms with Crippen molar-refractivity contribution in [2.24, 2.45) is 0 Å². The molecule has 108 valence electrons. The summed E-state index contributed by atoms with van der Waals surface area (Å²) in [5, 5.41) is 8.97. The largest absolute Gasteiger partial charge is 0.480 e. The fraction of sp³-hybridized carbons (Fsp3) is 0.308. The first-order valence-electron chi connectivity index (χ1n) is 5.99. The van der Waals surface area contributed by atoms with Gasteiger partial charge >= 0.3 is 5.97 Å². The van der Waals surface area contributed by atoms with Crippen LogP contribution < -0.4 is 4.72 Å². The van der Waals surface area contributed by atoms with Gasteiger partial charge in [-0.2, -0.15) is 4.72 Å². The second-order valence-corrected chi connectivity index (χ2v) is 6.17. The van der Waals surface area contributed by atoms with Gasteiger partial charge in [0.05, 0.1) is 18.1 Å². The number of rotatable bonds is 6. The number of ether oxygens (including phenoxy) is 1. The first-order valence-corrected chi connectivity index (χ1v) is 7.48. The fourth-order valence-corrected chi connectivity index (χ4v) is 3.19. The van der Waals surface area contributed by atoms with E-state index in [0.717, 1.165) is 11.1 Å². The molecule has 0 fully saturated rings. The Labute approximate surface area is 117 Å². The molecule has 0 saturated heterocycles. The lowest BCUT2D eigenvalue weighted by Crippen LogP contribution is -2.40. The van der Waals surface area contributed by atoms with Crippen LogP contribution in [0.1, 0.15) is 17.5 Å². The van der Waals surface area contributed by atoms with Crippen LogP contribution in [0.2, 0.25) is 0 Å². The lowest BCUT2D eigenvalue weighted by molar-refractivity contribution is -0.138. The van der Waals surface area contributed by atoms with Gasteiger partial charge in [0, 0.05) is 0 Å². The van der Waals surface area contributed by atoms with Crippen LogP contribution in [-0.4, -0.2) is 25.5 Å². The molecule has 0 amide bonds. The first kappa shape index (κ1) is 14.7. The zero-order valence-electron chi connectivity index (χ0n) is 10.7. The molecule has 7 heteroatoms. The van der Waals surface area contributed by atoms with Gasteiger partial charge in [0.15, 0.2) is 0 Å². The van der Waals surface area contributed by atoms with Crippen LogP contribution in [0.4, 0.5) is 0 Å². The molecule has 0 spiro atoms. The molecule has 1 aromatic carbocycles. The number of nitrogens with one attached hydrogen (secondary N) is 1. The smallest absolute Gasteiger partial charge is 0.322 e. The van der Waals surface area contributed by atoms with Crippen LogP contribution in [0.25, 0.3) is 0 Å². The van der Waals surface area contributed by atoms with E-state index in [9.17, 15) is 13.2 Å². The van der Waals surface area contributed by atoms with Crippen molar-refractivity contribution >= 4 is 16.0 Å². The number of sulfonamides is 1. The zero-order valence-corrected chi connectivity index (χ0v) is 11.5. The highest BCUT2D eigenvalue weighted by Gasteiger charge is 2.25. The second kappa shape index (κ2) is 5.74. The summed E-state index contributed by atoms with van der Waals surface area (Å²) in [5.41, 5.74) is 1.76. The minimum Gasteiger partial charge on any atom is -0.480 e. The van der Waals surface area contributed by atoms with Gasteiger partial charge in [0.1, 0.15) is 6.04 Å². The van der Waals surface area contributed by atoms with Crippen molar-refractivity contribution in [2.45, 2.75) is 30.6 Å². The molecule has 1 aliphatic heterocycles. The third-order valence-electron chi connectivity index (χ3n) is 3.00. The van der Waals surface area contributed by atoms with Gasteiger partial charge in [-0.3, -0.25) is 4.79 Å². The minimum atomic E-state index is -3.88. The molecule has 1 atom stereocenters. The van der Waals surface area contributed by atoms with E-state index >= 15 is 0 Å². The predicted octanol–water partition coefficient (Wildman–Crippen LogP) is 1.02. The van der Waals surface area contributed by atoms with Crippen molar-refractivity contribution in [3.8, 4) is 0 Å². The number of aliphatic carboxylic acids is 1. The molecule has 1 aliphatic rings. The van der Waals surface area contributed by atoms with Crippen molar-refractivity contribution in [3.05, 3.63) is 42.0 Å². The van der Waals surface area contributed by atoms with E-state index in [4.69, 9.17) is 9.84 Å². The van der Waals surface area contributed by atoms with Crippen molar-refractivity contribution < 1.29 is 23.1 Å². The van der Waals surface area contributed by atoms with Crippen molar-refractivity contribution in [2.75, 3.05) is 0 Å². The van der Waals surface area contributed by atoms with Crippen LogP contribution in [0.15, 0.2) is 35.7 Å². The maximum absolute atomic E-state index is 12.2. The average Bonchev–Trinajstić information content (AvgIpc) is 2.85. The van der Waals surface area contributed by atoms with E-state index in [1.165, 1.54) is 18.2 Å². The van der Waals surface area contributed by atoms with Crippen molar-refractivity contribution in [1.82, 2.24) is 4.72 Å². The van der Waals surface area contributed by atoms with Gasteiger partial charge in [0.25, 0.3) is 0 Å². The Kier molecular flexibility index (Phi) is 4.22. The Bertz CT molecular complexity index is 638. The third-order valence-corrected chi connectivity index (χ3v) is 4.47. The predicted molar refractivity (Wildman–Crippen MR) is 71.5 cm³/mol. The summed E-state index contributed by atoms with van der Waals surface area (Å²) in [6.45, 7) is 4.26. The second-order valence-electron chi connectivity index (χ2n) is 4.46. The number of hydrogen-bond acceptors (Lipinski definition) is 4. The van der Waals surface area contributed by atoms with E-state index < -0.39 is 22.0 Å². The molecule has 2 N–H and O–H groups in total. The van der Waals surface area contributed by atoms with Crippen molar-refractivity contribution in [3.63, 3.8) is 0 Å². The molecule has 20 heavy (non-hydrogen) atoms. The lowest BCUT2D eigenvalue weighted by atomic mass is 10.1. The molecule has 0 aliphatic carbocycles. The quantitative estimate of drug-likeness (QED) is 0.765. The molecule has 0 radical (unpaired) electrons. The number of carboxylic acids is 1. The lowest BCUT2D eigenvalue weighted by Gasteiger charge is -2.13. The maximum Gasteiger partial charge on any atom is 0.322 e. The maximum atomic E-state index is 12.2. The highest BCUT2D eigenvalue weighted by molar-refractivity contribution is 7.89. The van der Waals surface area contributed by atoms with Crippen LogP contribution in [0, 0.1) is 0 Å². The van der Waals surface area contributed by atoms with Gasteiger partial charge < -0.3 is 9.84 Å². The summed E-state index contributed by atoms with van der Waals surface area (Å²) in [7, 11) is -3.88. The molecule has 2 rings (SSSR count). The number of hydrogen-bond donors (Lipinski definition) is 2. The zero-order chi connectivity index (χ0) is 14.8. The van der Waals surface area contributed by atoms with Gasteiger partial charge in [-0.25, -0.2) is 8.42 Å². The molecule has 0 bridgehead atoms. The highest BCUT2D eigenvalue weighted by Crippen LogP contribution is 2.23. The Morgan fingerprint density at radius 2 is 2.15 bits per heavy atom. The molecule has 0 aromatic heterocycles. The third kappa shape index (κ3) is 3.06. The van der Waals surface area contributed by atoms with Crippen LogP contribution >= 0.6 is 0 Å². The number of benzene rings is 1. The molecular weight excluding hydrogens is 282 g/mol. The monoisotopic (exact) mass is 297 g/mol. The molecular formula is C13H15NO5S. The van der Waals surface area contributed by atoms with E-state index in [0.29, 0.717) is 13.2 Å². The number of fused-ring (bicyclic) bond motifs is 1. The van der Waals surface area contributed by atoms with Gasteiger partial charge in [-0.05, 0) is 29.7 Å². The summed E-state index contributed by atoms with van der Waals surface area (Å²) in [5.74, 6) is -1.24. The first-order chi connectivity index (χ1) is 9.44. The summed E-state index contributed by atoms with van der Waals surface area (Å²) < 4.78 is 31.7. The summed E-state index contributed by atoms with van der Waals surface area (Å²) >= 11 is 0. The summed E-state index contributed by atoms with van der Waals surface area (Å²) in [6.07, 6.45) is 1.38. The molecule has 1 heterocycles. The molecule has 1 unspecified atom stereocenters. The Hall–Kier alpha value is -1.70. The van der Waals surface area contributed by atoms with Gasteiger partial charge in [-0.15, -0.1) is 6.58 Å². The Morgan fingerprint density at radius 1 is 1.45 bits per heavy atom. The van der Waals surface area contributed by atoms with E-state index in [1.54, 1.807) is 6.07 Å². The summed E-state index contributed by atoms with van der Waals surface area (Å²) in [4.78, 5) is 11.0. The van der Waals surface area contributed by atoms with E-state index in [2.05, 4.69) is 11.3 Å². The van der Waals surface area contributed by atoms with Crippen LogP contribution in [-0.2, 0) is 32.8 Å². The highest BCUT2D eigenvalue weighted by atomic mass is 32.2. The Morgan fingerprint density at radius 3 is 2.80 bits per heavy atom. The molecule has 6 nitrogen and oxygen atoms in total. The number of carbonyl (C=O) groups is 1. The molecule has 1 aromatic rings. The summed E-state index contributed by atoms with van der Waals surface area (Å²) in [6, 6.07) is 3.42. The topological polar surface area (TPSA) is 92.7 Å². The van der Waals surface area contributed by atoms with Crippen LogP contribution in [0.5, 0.6) is 0 Å². The SMILES string of the molecule is C=CCC(NS(=O)(=O)c1ccc2c(c1)COC2)C(=O)O. The van der Waals surface area contributed by atoms with Crippen LogP contribution in [0.3, 0.4) is 0 Å². The average molecular weight is 297 g/mol. The number of carboxylic acid groups (broad SMARTS) is 1. The van der Waals surface area contributed by atoms with E-state index in [1.807, 2.05) is 0 Å². The molecule has 0 saturated carbocycles. The normalized spacial score (nSPS) is 15.6. The Balaban J connectivity index is 2.25. The van der Waals surface area contributed by atoms with Crippen molar-refractivity contribution in [1.29, 1.82) is 0 Å². The standard InChI is InChI=1S/C13H15NO5S/c1-2-3-12(13(15)16)14-20(17,18)11-5-4-9-7-19-8-10(9)6-11/h2,4-6,12,14H,1,3,7-8H2,(H,15,16). The van der Waals surface area contributed by atoms with Gasteiger partial charge in [-0.1, -0.05) is 12.1 Å². The van der Waals surface area contributed by atoms with Gasteiger partial charge in [0.2, 0.25) is 10.0 Å². The fourth-order valence-electron chi connectivity index (χ4n) is 1.94. The minimum absolute atomic E-state index is 0.0165. The van der Waals surface area contributed by atoms with E-state index in [-0.39, 0.29) is 11.3 Å².